The summed E-state index contributed by atoms with van der Waals surface area (Å²) in [6.45, 7) is 14.4. The SMILES string of the molecule is C=NN1/C(=C(\C)S(=O)(=O)c2ccc(C)cc2C)NC(=O)c2ccc(N3CCN(C(C)(C)C(=O)O)CC3)cc21. The smallest absolute Gasteiger partial charge is 0.323 e. The molecule has 0 aliphatic carbocycles. The van der Waals surface area contributed by atoms with E-state index >= 15 is 0 Å². The zero-order valence-electron chi connectivity index (χ0n) is 22.3. The van der Waals surface area contributed by atoms with Crippen LogP contribution in [0.3, 0.4) is 0 Å². The Labute approximate surface area is 223 Å². The lowest BCUT2D eigenvalue weighted by molar-refractivity contribution is -0.149. The molecule has 10 nitrogen and oxygen atoms in total. The van der Waals surface area contributed by atoms with Crippen molar-refractivity contribution in [2.45, 2.75) is 45.1 Å². The van der Waals surface area contributed by atoms with Gasteiger partial charge in [0.1, 0.15) is 11.4 Å². The molecule has 2 aromatic rings. The molecule has 0 bridgehead atoms. The number of fused-ring (bicyclic) bond motifs is 1. The maximum absolute atomic E-state index is 13.6. The lowest BCUT2D eigenvalue weighted by atomic mass is 10.0. The predicted octanol–water partition coefficient (Wildman–Crippen LogP) is 3.12. The number of sulfone groups is 1. The number of hydrogen-bond donors (Lipinski definition) is 2. The molecule has 0 spiro atoms. The Kier molecular flexibility index (Phi) is 7.11. The topological polar surface area (TPSA) is 123 Å². The van der Waals surface area contributed by atoms with Crippen molar-refractivity contribution >= 4 is 39.8 Å². The number of nitrogens with zero attached hydrogens (tertiary/aromatic N) is 4. The third-order valence-corrected chi connectivity index (χ3v) is 9.39. The molecule has 2 N–H and O–H groups in total. The fourth-order valence-corrected chi connectivity index (χ4v) is 6.32. The first-order valence-electron chi connectivity index (χ1n) is 12.3. The van der Waals surface area contributed by atoms with Crippen LogP contribution in [0, 0.1) is 13.8 Å². The van der Waals surface area contributed by atoms with Crippen molar-refractivity contribution in [1.82, 2.24) is 10.2 Å². The van der Waals surface area contributed by atoms with Crippen molar-refractivity contribution in [3.63, 3.8) is 0 Å². The van der Waals surface area contributed by atoms with Gasteiger partial charge in [-0.3, -0.25) is 14.5 Å². The van der Waals surface area contributed by atoms with Crippen LogP contribution in [0.5, 0.6) is 0 Å². The van der Waals surface area contributed by atoms with Crippen LogP contribution >= 0.6 is 0 Å². The molecule has 0 radical (unpaired) electrons. The molecule has 4 rings (SSSR count). The van der Waals surface area contributed by atoms with E-state index in [-0.39, 0.29) is 15.6 Å². The van der Waals surface area contributed by atoms with Crippen LogP contribution in [0.1, 0.15) is 42.3 Å². The van der Waals surface area contributed by atoms with Crippen molar-refractivity contribution < 1.29 is 23.1 Å². The molecule has 2 aliphatic heterocycles. The van der Waals surface area contributed by atoms with Crippen LogP contribution in [0.4, 0.5) is 11.4 Å². The molecule has 2 heterocycles. The second-order valence-corrected chi connectivity index (χ2v) is 12.2. The van der Waals surface area contributed by atoms with E-state index in [4.69, 9.17) is 0 Å². The molecule has 0 unspecified atom stereocenters. The number of carboxylic acid groups (broad SMARTS) is 1. The normalized spacial score (nSPS) is 18.1. The van der Waals surface area contributed by atoms with Crippen LogP contribution in [0.25, 0.3) is 0 Å². The molecule has 2 aromatic carbocycles. The number of anilines is 2. The van der Waals surface area contributed by atoms with Crippen molar-refractivity contribution in [3.8, 4) is 0 Å². The first-order valence-corrected chi connectivity index (χ1v) is 13.8. The van der Waals surface area contributed by atoms with Crippen LogP contribution in [0.2, 0.25) is 0 Å². The number of aryl methyl sites for hydroxylation is 2. The Morgan fingerprint density at radius 1 is 1.08 bits per heavy atom. The third kappa shape index (κ3) is 4.67. The second kappa shape index (κ2) is 9.88. The van der Waals surface area contributed by atoms with Gasteiger partial charge in [-0.25, -0.2) is 13.4 Å². The van der Waals surface area contributed by atoms with Gasteiger partial charge in [-0.2, -0.15) is 5.10 Å². The fourth-order valence-electron chi connectivity index (χ4n) is 4.87. The Morgan fingerprint density at radius 2 is 1.74 bits per heavy atom. The zero-order valence-corrected chi connectivity index (χ0v) is 23.1. The number of aliphatic carboxylic acids is 1. The van der Waals surface area contributed by atoms with E-state index in [0.717, 1.165) is 11.3 Å². The van der Waals surface area contributed by atoms with Crippen LogP contribution in [-0.4, -0.2) is 68.7 Å². The quantitative estimate of drug-likeness (QED) is 0.537. The lowest BCUT2D eigenvalue weighted by Gasteiger charge is -2.42. The Balaban J connectivity index is 1.69. The third-order valence-electron chi connectivity index (χ3n) is 7.35. The van der Waals surface area contributed by atoms with Crippen molar-refractivity contribution in [3.05, 3.63) is 63.8 Å². The molecule has 0 atom stereocenters. The summed E-state index contributed by atoms with van der Waals surface area (Å²) in [5, 5.41) is 17.7. The molecule has 202 valence electrons. The molecule has 1 saturated heterocycles. The largest absolute Gasteiger partial charge is 0.480 e. The van der Waals surface area contributed by atoms with E-state index in [1.54, 1.807) is 51.1 Å². The van der Waals surface area contributed by atoms with Crippen molar-refractivity contribution in [2.75, 3.05) is 36.1 Å². The fraction of sp³-hybridized carbons (Fsp3) is 0.370. The van der Waals surface area contributed by atoms with Crippen LogP contribution < -0.4 is 15.2 Å². The summed E-state index contributed by atoms with van der Waals surface area (Å²) in [6.07, 6.45) is 0. The van der Waals surface area contributed by atoms with E-state index in [2.05, 4.69) is 22.0 Å². The summed E-state index contributed by atoms with van der Waals surface area (Å²) >= 11 is 0. The highest BCUT2D eigenvalue weighted by Gasteiger charge is 2.37. The molecule has 0 aromatic heterocycles. The Hall–Kier alpha value is -3.70. The minimum atomic E-state index is -3.94. The summed E-state index contributed by atoms with van der Waals surface area (Å²) < 4.78 is 27.1. The van der Waals surface area contributed by atoms with E-state index in [1.807, 2.05) is 17.9 Å². The number of amides is 1. The zero-order chi connectivity index (χ0) is 28.0. The molecule has 38 heavy (non-hydrogen) atoms. The number of carbonyl (C=O) groups excluding carboxylic acids is 1. The number of hydrazone groups is 1. The average Bonchev–Trinajstić information content (AvgIpc) is 2.87. The molecule has 11 heteroatoms. The van der Waals surface area contributed by atoms with Gasteiger partial charge >= 0.3 is 5.97 Å². The summed E-state index contributed by atoms with van der Waals surface area (Å²) in [6, 6.07) is 10.4. The van der Waals surface area contributed by atoms with Gasteiger partial charge in [0.25, 0.3) is 5.91 Å². The average molecular weight is 540 g/mol. The first-order chi connectivity index (χ1) is 17.8. The first kappa shape index (κ1) is 27.3. The van der Waals surface area contributed by atoms with Gasteiger partial charge < -0.3 is 15.3 Å². The number of allylic oxidation sites excluding steroid dienone is 1. The van der Waals surface area contributed by atoms with Gasteiger partial charge in [-0.05, 0) is 64.4 Å². The van der Waals surface area contributed by atoms with Gasteiger partial charge in [-0.15, -0.1) is 0 Å². The Bertz CT molecular complexity index is 1460. The van der Waals surface area contributed by atoms with Crippen LogP contribution in [-0.2, 0) is 14.6 Å². The van der Waals surface area contributed by atoms with Crippen molar-refractivity contribution in [1.29, 1.82) is 0 Å². The molecule has 1 amide bonds. The van der Waals surface area contributed by atoms with E-state index in [9.17, 15) is 23.1 Å². The van der Waals surface area contributed by atoms with Gasteiger partial charge in [0.15, 0.2) is 0 Å². The lowest BCUT2D eigenvalue weighted by Crippen LogP contribution is -2.58. The predicted molar refractivity (Wildman–Crippen MR) is 147 cm³/mol. The van der Waals surface area contributed by atoms with Gasteiger partial charge in [0, 0.05) is 38.6 Å². The number of rotatable bonds is 6. The highest BCUT2D eigenvalue weighted by atomic mass is 32.2. The Morgan fingerprint density at radius 3 is 2.32 bits per heavy atom. The van der Waals surface area contributed by atoms with E-state index < -0.39 is 27.3 Å². The van der Waals surface area contributed by atoms with E-state index in [1.165, 1.54) is 11.9 Å². The number of carbonyl (C=O) groups is 2. The van der Waals surface area contributed by atoms with Gasteiger partial charge in [0.2, 0.25) is 9.84 Å². The number of piperazine rings is 1. The number of benzene rings is 2. The second-order valence-electron chi connectivity index (χ2n) is 10.1. The standard InChI is InChI=1S/C27H33N5O5S/c1-17-7-10-23(18(2)15-17)38(36,37)19(3)24-29-25(33)21-9-8-20(16-22(21)32(24)28-6)30-11-13-31(14-12-30)27(4,5)26(34)35/h7-10,15-16H,6,11-14H2,1-5H3,(H,29,33)(H,34,35)/b24-19+. The molecular formula is C27H33N5O5S. The maximum Gasteiger partial charge on any atom is 0.323 e. The van der Waals surface area contributed by atoms with Crippen LogP contribution in [0.15, 0.2) is 57.1 Å². The number of hydrogen-bond acceptors (Lipinski definition) is 8. The summed E-state index contributed by atoms with van der Waals surface area (Å²) in [5.74, 6) is -1.28. The maximum atomic E-state index is 13.6. The summed E-state index contributed by atoms with van der Waals surface area (Å²) in [4.78, 5) is 28.8. The minimum Gasteiger partial charge on any atom is -0.480 e. The van der Waals surface area contributed by atoms with Gasteiger partial charge in [0.05, 0.1) is 21.1 Å². The molecular weight excluding hydrogens is 506 g/mol. The van der Waals surface area contributed by atoms with E-state index in [0.29, 0.717) is 43.0 Å². The highest BCUT2D eigenvalue weighted by Crippen LogP contribution is 2.36. The minimum absolute atomic E-state index is 0.0302. The number of carboxylic acids is 1. The van der Waals surface area contributed by atoms with Crippen molar-refractivity contribution in [2.24, 2.45) is 5.10 Å². The highest BCUT2D eigenvalue weighted by molar-refractivity contribution is 7.95. The van der Waals surface area contributed by atoms with Gasteiger partial charge in [-0.1, -0.05) is 17.7 Å². The molecule has 0 saturated carbocycles. The number of nitrogens with one attached hydrogen (secondary N) is 1. The monoisotopic (exact) mass is 539 g/mol. The molecule has 1 fully saturated rings. The summed E-state index contributed by atoms with van der Waals surface area (Å²) in [5.41, 5.74) is 2.15. The summed E-state index contributed by atoms with van der Waals surface area (Å²) in [7, 11) is -3.94. The molecule has 2 aliphatic rings.